The van der Waals surface area contributed by atoms with E-state index >= 15 is 0 Å². The van der Waals surface area contributed by atoms with Crippen LogP contribution in [-0.2, 0) is 4.79 Å². The van der Waals surface area contributed by atoms with E-state index in [1.165, 1.54) is 0 Å². The van der Waals surface area contributed by atoms with E-state index in [4.69, 9.17) is 0 Å². The number of amides is 1. The van der Waals surface area contributed by atoms with Crippen molar-refractivity contribution < 1.29 is 4.79 Å². The van der Waals surface area contributed by atoms with Crippen molar-refractivity contribution in [1.29, 1.82) is 0 Å². The van der Waals surface area contributed by atoms with Crippen molar-refractivity contribution in [2.75, 3.05) is 19.6 Å². The highest BCUT2D eigenvalue weighted by atomic mass is 16.2. The van der Waals surface area contributed by atoms with Gasteiger partial charge in [-0.1, -0.05) is 27.2 Å². The number of rotatable bonds is 7. The minimum absolute atomic E-state index is 0.184. The molecule has 1 amide bonds. The Hall–Kier alpha value is -0.570. The van der Waals surface area contributed by atoms with Gasteiger partial charge in [0.25, 0.3) is 0 Å². The lowest BCUT2D eigenvalue weighted by Gasteiger charge is -2.21. The van der Waals surface area contributed by atoms with Crippen LogP contribution in [0.5, 0.6) is 0 Å². The van der Waals surface area contributed by atoms with E-state index in [9.17, 15) is 4.79 Å². The first-order valence-electron chi connectivity index (χ1n) is 5.56. The molecule has 0 radical (unpaired) electrons. The van der Waals surface area contributed by atoms with Gasteiger partial charge < -0.3 is 10.2 Å². The van der Waals surface area contributed by atoms with Crippen LogP contribution < -0.4 is 5.32 Å². The summed E-state index contributed by atoms with van der Waals surface area (Å²) >= 11 is 0. The van der Waals surface area contributed by atoms with E-state index in [1.54, 1.807) is 6.92 Å². The summed E-state index contributed by atoms with van der Waals surface area (Å²) in [7, 11) is 0. The Morgan fingerprint density at radius 1 is 1.36 bits per heavy atom. The lowest BCUT2D eigenvalue weighted by atomic mass is 10.3. The van der Waals surface area contributed by atoms with Crippen LogP contribution in [0.15, 0.2) is 0 Å². The highest BCUT2D eigenvalue weighted by Gasteiger charge is 2.06. The SMILES string of the molecule is CCCCN(CCNC(C)C)C(C)=O. The minimum atomic E-state index is 0.184. The zero-order valence-electron chi connectivity index (χ0n) is 9.97. The first kappa shape index (κ1) is 13.4. The lowest BCUT2D eigenvalue weighted by molar-refractivity contribution is -0.128. The van der Waals surface area contributed by atoms with E-state index in [1.807, 2.05) is 4.90 Å². The second kappa shape index (κ2) is 7.80. The fraction of sp³-hybridized carbons (Fsp3) is 0.909. The van der Waals surface area contributed by atoms with Crippen LogP contribution in [0.2, 0.25) is 0 Å². The molecule has 0 saturated carbocycles. The summed E-state index contributed by atoms with van der Waals surface area (Å²) in [6.45, 7) is 10.6. The Morgan fingerprint density at radius 3 is 2.43 bits per heavy atom. The third kappa shape index (κ3) is 6.89. The van der Waals surface area contributed by atoms with Gasteiger partial charge in [0.15, 0.2) is 0 Å². The van der Waals surface area contributed by atoms with Gasteiger partial charge in [-0.2, -0.15) is 0 Å². The molecule has 0 atom stereocenters. The number of carbonyl (C=O) groups excluding carboxylic acids is 1. The van der Waals surface area contributed by atoms with Crippen molar-refractivity contribution in [2.24, 2.45) is 0 Å². The van der Waals surface area contributed by atoms with Crippen molar-refractivity contribution in [3.05, 3.63) is 0 Å². The van der Waals surface area contributed by atoms with E-state index in [0.717, 1.165) is 32.5 Å². The molecule has 0 fully saturated rings. The monoisotopic (exact) mass is 200 g/mol. The van der Waals surface area contributed by atoms with Gasteiger partial charge in [-0.15, -0.1) is 0 Å². The van der Waals surface area contributed by atoms with Crippen LogP contribution >= 0.6 is 0 Å². The van der Waals surface area contributed by atoms with E-state index in [-0.39, 0.29) is 5.91 Å². The van der Waals surface area contributed by atoms with Gasteiger partial charge in [-0.25, -0.2) is 0 Å². The molecule has 1 N–H and O–H groups in total. The van der Waals surface area contributed by atoms with Crippen molar-refractivity contribution in [1.82, 2.24) is 10.2 Å². The van der Waals surface area contributed by atoms with E-state index < -0.39 is 0 Å². The van der Waals surface area contributed by atoms with Crippen LogP contribution in [0.1, 0.15) is 40.5 Å². The molecule has 0 aliphatic heterocycles. The summed E-state index contributed by atoms with van der Waals surface area (Å²) in [6.07, 6.45) is 2.24. The summed E-state index contributed by atoms with van der Waals surface area (Å²) in [6, 6.07) is 0.495. The molecule has 0 unspecified atom stereocenters. The van der Waals surface area contributed by atoms with Gasteiger partial charge in [-0.3, -0.25) is 4.79 Å². The highest BCUT2D eigenvalue weighted by molar-refractivity contribution is 5.73. The second-order valence-corrected chi connectivity index (χ2v) is 3.97. The third-order valence-electron chi connectivity index (χ3n) is 2.16. The Kier molecular flexibility index (Phi) is 7.48. The minimum Gasteiger partial charge on any atom is -0.342 e. The molecule has 3 nitrogen and oxygen atoms in total. The zero-order chi connectivity index (χ0) is 11.0. The smallest absolute Gasteiger partial charge is 0.219 e. The Labute approximate surface area is 87.9 Å². The number of nitrogens with zero attached hydrogens (tertiary/aromatic N) is 1. The van der Waals surface area contributed by atoms with Crippen LogP contribution in [0.3, 0.4) is 0 Å². The molecule has 14 heavy (non-hydrogen) atoms. The Bertz CT molecular complexity index is 157. The number of nitrogens with one attached hydrogen (secondary N) is 1. The van der Waals surface area contributed by atoms with Gasteiger partial charge in [0.1, 0.15) is 0 Å². The maximum Gasteiger partial charge on any atom is 0.219 e. The Balaban J connectivity index is 3.68. The second-order valence-electron chi connectivity index (χ2n) is 3.97. The molecule has 0 aliphatic rings. The van der Waals surface area contributed by atoms with Crippen LogP contribution in [-0.4, -0.2) is 36.5 Å². The van der Waals surface area contributed by atoms with Gasteiger partial charge >= 0.3 is 0 Å². The molecule has 0 heterocycles. The molecule has 0 aromatic carbocycles. The number of hydrogen-bond acceptors (Lipinski definition) is 2. The normalized spacial score (nSPS) is 10.6. The van der Waals surface area contributed by atoms with Gasteiger partial charge in [0, 0.05) is 32.6 Å². The van der Waals surface area contributed by atoms with Gasteiger partial charge in [-0.05, 0) is 6.42 Å². The molecule has 84 valence electrons. The average Bonchev–Trinajstić information content (AvgIpc) is 2.09. The molecule has 0 aromatic rings. The highest BCUT2D eigenvalue weighted by Crippen LogP contribution is 1.95. The largest absolute Gasteiger partial charge is 0.342 e. The predicted octanol–water partition coefficient (Wildman–Crippen LogP) is 1.63. The van der Waals surface area contributed by atoms with Gasteiger partial charge in [0.2, 0.25) is 5.91 Å². The molecule has 0 saturated heterocycles. The zero-order valence-corrected chi connectivity index (χ0v) is 9.97. The van der Waals surface area contributed by atoms with Crippen LogP contribution in [0.4, 0.5) is 0 Å². The molecular formula is C11H24N2O. The van der Waals surface area contributed by atoms with Crippen LogP contribution in [0.25, 0.3) is 0 Å². The average molecular weight is 200 g/mol. The molecule has 0 spiro atoms. The Morgan fingerprint density at radius 2 is 2.00 bits per heavy atom. The standard InChI is InChI=1S/C11H24N2O/c1-5-6-8-13(11(4)14)9-7-12-10(2)3/h10,12H,5-9H2,1-4H3. The number of unbranched alkanes of at least 4 members (excludes halogenated alkanes) is 1. The van der Waals surface area contributed by atoms with E-state index in [0.29, 0.717) is 6.04 Å². The van der Waals surface area contributed by atoms with Crippen molar-refractivity contribution in [3.63, 3.8) is 0 Å². The summed E-state index contributed by atoms with van der Waals surface area (Å²) < 4.78 is 0. The van der Waals surface area contributed by atoms with Crippen LogP contribution in [0, 0.1) is 0 Å². The first-order chi connectivity index (χ1) is 6.57. The molecule has 0 bridgehead atoms. The summed E-state index contributed by atoms with van der Waals surface area (Å²) in [5.41, 5.74) is 0. The number of carbonyl (C=O) groups is 1. The maximum absolute atomic E-state index is 11.2. The van der Waals surface area contributed by atoms with E-state index in [2.05, 4.69) is 26.1 Å². The summed E-state index contributed by atoms with van der Waals surface area (Å²) in [5.74, 6) is 0.184. The quantitative estimate of drug-likeness (QED) is 0.677. The lowest BCUT2D eigenvalue weighted by Crippen LogP contribution is -2.38. The van der Waals surface area contributed by atoms with Crippen molar-refractivity contribution in [2.45, 2.75) is 46.6 Å². The molecule has 0 aliphatic carbocycles. The van der Waals surface area contributed by atoms with Gasteiger partial charge in [0.05, 0.1) is 0 Å². The molecule has 0 aromatic heterocycles. The molecule has 0 rings (SSSR count). The van der Waals surface area contributed by atoms with Crippen molar-refractivity contribution in [3.8, 4) is 0 Å². The fourth-order valence-corrected chi connectivity index (χ4v) is 1.26. The van der Waals surface area contributed by atoms with Crippen molar-refractivity contribution >= 4 is 5.91 Å². The molecular weight excluding hydrogens is 176 g/mol. The first-order valence-corrected chi connectivity index (χ1v) is 5.56. The predicted molar refractivity (Wildman–Crippen MR) is 60.3 cm³/mol. The number of hydrogen-bond donors (Lipinski definition) is 1. The third-order valence-corrected chi connectivity index (χ3v) is 2.16. The summed E-state index contributed by atoms with van der Waals surface area (Å²) in [5, 5.41) is 3.31. The topological polar surface area (TPSA) is 32.3 Å². The summed E-state index contributed by atoms with van der Waals surface area (Å²) in [4.78, 5) is 13.1. The fourth-order valence-electron chi connectivity index (χ4n) is 1.26. The maximum atomic E-state index is 11.2. The molecule has 3 heteroatoms.